The van der Waals surface area contributed by atoms with Crippen molar-refractivity contribution in [3.8, 4) is 0 Å². The standard InChI is InChI=1S/C17H22FN3O3/c18-13-3-5-14(6-4-13)19-16(22)12-20-7-9-21(10-8-20)17(23)15-2-1-11-24-15/h3-6,15H,1-2,7-12H2,(H,19,22)/p+1/t15-/m0/s1. The number of halogens is 1. The zero-order chi connectivity index (χ0) is 16.9. The predicted molar refractivity (Wildman–Crippen MR) is 86.1 cm³/mol. The summed E-state index contributed by atoms with van der Waals surface area (Å²) < 4.78 is 18.3. The van der Waals surface area contributed by atoms with Crippen molar-refractivity contribution in [2.45, 2.75) is 18.9 Å². The van der Waals surface area contributed by atoms with Crippen LogP contribution in [0, 0.1) is 5.82 Å². The van der Waals surface area contributed by atoms with Crippen LogP contribution in [0.3, 0.4) is 0 Å². The van der Waals surface area contributed by atoms with Crippen LogP contribution >= 0.6 is 0 Å². The average Bonchev–Trinajstić information content (AvgIpc) is 3.11. The van der Waals surface area contributed by atoms with Gasteiger partial charge >= 0.3 is 0 Å². The minimum atomic E-state index is -0.328. The highest BCUT2D eigenvalue weighted by atomic mass is 19.1. The Kier molecular flexibility index (Phi) is 5.42. The number of hydrogen-bond donors (Lipinski definition) is 2. The maximum Gasteiger partial charge on any atom is 0.279 e. The van der Waals surface area contributed by atoms with E-state index < -0.39 is 0 Å². The van der Waals surface area contributed by atoms with E-state index in [9.17, 15) is 14.0 Å². The zero-order valence-electron chi connectivity index (χ0n) is 13.6. The van der Waals surface area contributed by atoms with Crippen LogP contribution in [0.1, 0.15) is 12.8 Å². The van der Waals surface area contributed by atoms with E-state index >= 15 is 0 Å². The predicted octanol–water partition coefficient (Wildman–Crippen LogP) is -0.330. The Morgan fingerprint density at radius 1 is 1.25 bits per heavy atom. The molecule has 7 heteroatoms. The Balaban J connectivity index is 1.42. The lowest BCUT2D eigenvalue weighted by atomic mass is 10.2. The van der Waals surface area contributed by atoms with Gasteiger partial charge in [-0.2, -0.15) is 0 Å². The first-order chi connectivity index (χ1) is 11.6. The summed E-state index contributed by atoms with van der Waals surface area (Å²) in [5.74, 6) is -0.344. The quantitative estimate of drug-likeness (QED) is 0.792. The summed E-state index contributed by atoms with van der Waals surface area (Å²) in [6, 6.07) is 5.72. The topological polar surface area (TPSA) is 63.1 Å². The van der Waals surface area contributed by atoms with Gasteiger partial charge in [-0.3, -0.25) is 9.59 Å². The minimum absolute atomic E-state index is 0.0855. The number of piperazine rings is 1. The molecule has 0 bridgehead atoms. The summed E-state index contributed by atoms with van der Waals surface area (Å²) in [7, 11) is 0. The third-order valence-electron chi connectivity index (χ3n) is 4.53. The van der Waals surface area contributed by atoms with Crippen LogP contribution in [-0.4, -0.2) is 62.1 Å². The van der Waals surface area contributed by atoms with Gasteiger partial charge in [0.15, 0.2) is 6.54 Å². The van der Waals surface area contributed by atoms with Gasteiger partial charge in [0.05, 0.1) is 26.2 Å². The number of anilines is 1. The molecule has 130 valence electrons. The average molecular weight is 336 g/mol. The van der Waals surface area contributed by atoms with E-state index in [1.165, 1.54) is 12.1 Å². The van der Waals surface area contributed by atoms with E-state index in [1.807, 2.05) is 4.90 Å². The molecule has 2 heterocycles. The number of nitrogens with one attached hydrogen (secondary N) is 2. The summed E-state index contributed by atoms with van der Waals surface area (Å²) >= 11 is 0. The highest BCUT2D eigenvalue weighted by molar-refractivity contribution is 5.91. The molecule has 2 amide bonds. The number of carbonyl (C=O) groups excluding carboxylic acids is 2. The van der Waals surface area contributed by atoms with Crippen molar-refractivity contribution >= 4 is 17.5 Å². The van der Waals surface area contributed by atoms with Crippen molar-refractivity contribution in [3.63, 3.8) is 0 Å². The molecule has 1 aromatic rings. The van der Waals surface area contributed by atoms with Gasteiger partial charge in [-0.15, -0.1) is 0 Å². The fraction of sp³-hybridized carbons (Fsp3) is 0.529. The van der Waals surface area contributed by atoms with E-state index in [1.54, 1.807) is 12.1 Å². The molecule has 0 aromatic heterocycles. The number of ether oxygens (including phenoxy) is 1. The van der Waals surface area contributed by atoms with Crippen LogP contribution in [-0.2, 0) is 14.3 Å². The Bertz CT molecular complexity index is 579. The molecule has 24 heavy (non-hydrogen) atoms. The first-order valence-electron chi connectivity index (χ1n) is 8.41. The van der Waals surface area contributed by atoms with Crippen molar-refractivity contribution in [1.29, 1.82) is 0 Å². The van der Waals surface area contributed by atoms with Crippen molar-refractivity contribution in [3.05, 3.63) is 30.1 Å². The van der Waals surface area contributed by atoms with Gasteiger partial charge < -0.3 is 19.9 Å². The molecular formula is C17H23FN3O3+. The van der Waals surface area contributed by atoms with Crippen LogP contribution < -0.4 is 10.2 Å². The van der Waals surface area contributed by atoms with E-state index in [-0.39, 0.29) is 23.7 Å². The molecule has 0 unspecified atom stereocenters. The lowest BCUT2D eigenvalue weighted by Crippen LogP contribution is -3.15. The van der Waals surface area contributed by atoms with E-state index in [2.05, 4.69) is 5.32 Å². The Hall–Kier alpha value is -1.99. The van der Waals surface area contributed by atoms with Crippen molar-refractivity contribution < 1.29 is 23.6 Å². The third-order valence-corrected chi connectivity index (χ3v) is 4.53. The van der Waals surface area contributed by atoms with Gasteiger partial charge in [0.25, 0.3) is 11.8 Å². The van der Waals surface area contributed by atoms with E-state index in [0.717, 1.165) is 30.8 Å². The molecule has 0 radical (unpaired) electrons. The number of carbonyl (C=O) groups is 2. The van der Waals surface area contributed by atoms with Crippen LogP contribution in [0.2, 0.25) is 0 Å². The van der Waals surface area contributed by atoms with E-state index in [0.29, 0.717) is 31.9 Å². The fourth-order valence-corrected chi connectivity index (χ4v) is 3.16. The molecule has 0 saturated carbocycles. The SMILES string of the molecule is O=C(C[NH+]1CCN(C(=O)[C@@H]2CCCO2)CC1)Nc1ccc(F)cc1. The van der Waals surface area contributed by atoms with Gasteiger partial charge in [0.1, 0.15) is 11.9 Å². The number of hydrogen-bond acceptors (Lipinski definition) is 3. The second kappa shape index (κ2) is 7.72. The molecule has 0 aliphatic carbocycles. The molecule has 2 aliphatic heterocycles. The first-order valence-corrected chi connectivity index (χ1v) is 8.41. The second-order valence-electron chi connectivity index (χ2n) is 6.31. The second-order valence-corrected chi connectivity index (χ2v) is 6.31. The smallest absolute Gasteiger partial charge is 0.279 e. The highest BCUT2D eigenvalue weighted by Gasteiger charge is 2.31. The molecule has 2 N–H and O–H groups in total. The summed E-state index contributed by atoms with van der Waals surface area (Å²) in [5.41, 5.74) is 0.591. The van der Waals surface area contributed by atoms with Gasteiger partial charge in [0, 0.05) is 12.3 Å². The number of amides is 2. The molecule has 2 fully saturated rings. The van der Waals surface area contributed by atoms with Crippen LogP contribution in [0.25, 0.3) is 0 Å². The van der Waals surface area contributed by atoms with Gasteiger partial charge in [0.2, 0.25) is 0 Å². The first kappa shape index (κ1) is 16.9. The van der Waals surface area contributed by atoms with Crippen LogP contribution in [0.5, 0.6) is 0 Å². The lowest BCUT2D eigenvalue weighted by molar-refractivity contribution is -0.895. The summed E-state index contributed by atoms with van der Waals surface area (Å²) in [4.78, 5) is 27.3. The largest absolute Gasteiger partial charge is 0.368 e. The van der Waals surface area contributed by atoms with Crippen LogP contribution in [0.4, 0.5) is 10.1 Å². The normalized spacial score (nSPS) is 21.7. The monoisotopic (exact) mass is 336 g/mol. The maximum absolute atomic E-state index is 12.9. The van der Waals surface area contributed by atoms with Crippen LogP contribution in [0.15, 0.2) is 24.3 Å². The van der Waals surface area contributed by atoms with Crippen molar-refractivity contribution in [2.24, 2.45) is 0 Å². The van der Waals surface area contributed by atoms with Gasteiger partial charge in [-0.1, -0.05) is 0 Å². The Labute approximate surface area is 140 Å². The van der Waals surface area contributed by atoms with Gasteiger partial charge in [-0.05, 0) is 37.1 Å². The molecule has 6 nitrogen and oxygen atoms in total. The molecule has 1 atom stereocenters. The fourth-order valence-electron chi connectivity index (χ4n) is 3.16. The number of nitrogens with zero attached hydrogens (tertiary/aromatic N) is 1. The Morgan fingerprint density at radius 3 is 2.58 bits per heavy atom. The van der Waals surface area contributed by atoms with Gasteiger partial charge in [-0.25, -0.2) is 4.39 Å². The zero-order valence-corrected chi connectivity index (χ0v) is 13.6. The molecule has 1 aromatic carbocycles. The van der Waals surface area contributed by atoms with E-state index in [4.69, 9.17) is 4.74 Å². The third kappa shape index (κ3) is 4.30. The minimum Gasteiger partial charge on any atom is -0.368 e. The molecule has 2 aliphatic rings. The Morgan fingerprint density at radius 2 is 1.96 bits per heavy atom. The maximum atomic E-state index is 12.9. The van der Waals surface area contributed by atoms with Crippen molar-refractivity contribution in [1.82, 2.24) is 4.90 Å². The molecule has 2 saturated heterocycles. The molecule has 3 rings (SSSR count). The summed E-state index contributed by atoms with van der Waals surface area (Å²) in [5, 5.41) is 2.77. The number of rotatable bonds is 4. The molecule has 0 spiro atoms. The highest BCUT2D eigenvalue weighted by Crippen LogP contribution is 2.14. The molecular weight excluding hydrogens is 313 g/mol. The number of benzene rings is 1. The summed E-state index contributed by atoms with van der Waals surface area (Å²) in [6.45, 7) is 3.81. The number of quaternary nitrogens is 1. The van der Waals surface area contributed by atoms with Crippen molar-refractivity contribution in [2.75, 3.05) is 44.6 Å². The lowest BCUT2D eigenvalue weighted by Gasteiger charge is -2.33. The summed E-state index contributed by atoms with van der Waals surface area (Å²) in [6.07, 6.45) is 1.49.